The molecule has 1 heterocycles. The van der Waals surface area contributed by atoms with Crippen LogP contribution in [0.25, 0.3) is 0 Å². The summed E-state index contributed by atoms with van der Waals surface area (Å²) in [6.45, 7) is 10.5. The summed E-state index contributed by atoms with van der Waals surface area (Å²) in [5.41, 5.74) is 0.249. The van der Waals surface area contributed by atoms with Crippen LogP contribution in [-0.4, -0.2) is 36.7 Å². The van der Waals surface area contributed by atoms with E-state index in [0.29, 0.717) is 23.1 Å². The third-order valence-corrected chi connectivity index (χ3v) is 6.21. The number of methoxy groups -OCH3 is 1. The minimum Gasteiger partial charge on any atom is -0.477 e. The van der Waals surface area contributed by atoms with Gasteiger partial charge in [0.2, 0.25) is 5.91 Å². The Morgan fingerprint density at radius 3 is 2.45 bits per heavy atom. The van der Waals surface area contributed by atoms with E-state index in [4.69, 9.17) is 4.74 Å². The number of amides is 1. The van der Waals surface area contributed by atoms with E-state index >= 15 is 0 Å². The third kappa shape index (κ3) is 6.32. The number of ether oxygens (including phenoxy) is 1. The van der Waals surface area contributed by atoms with Crippen molar-refractivity contribution in [3.63, 3.8) is 0 Å². The summed E-state index contributed by atoms with van der Waals surface area (Å²) in [7, 11) is 1.59. The number of carbonyl (C=O) groups excluding carboxylic acids is 1. The minimum absolute atomic E-state index is 0.00270. The maximum atomic E-state index is 13.5. The molecule has 1 N–H and O–H groups in total. The van der Waals surface area contributed by atoms with Crippen molar-refractivity contribution in [3.05, 3.63) is 15.8 Å². The second-order valence-corrected chi connectivity index (χ2v) is 10.2. The lowest BCUT2D eigenvalue weighted by molar-refractivity contribution is -0.124. The summed E-state index contributed by atoms with van der Waals surface area (Å²) in [5.74, 6) is 5.76. The van der Waals surface area contributed by atoms with Gasteiger partial charge in [0.1, 0.15) is 4.88 Å². The van der Waals surface area contributed by atoms with Gasteiger partial charge in [0.05, 0.1) is 23.2 Å². The molecule has 5 nitrogen and oxygen atoms in total. The van der Waals surface area contributed by atoms with Gasteiger partial charge in [0.25, 0.3) is 0 Å². The van der Waals surface area contributed by atoms with E-state index in [1.807, 2.05) is 27.7 Å². The lowest BCUT2D eigenvalue weighted by Gasteiger charge is -2.34. The van der Waals surface area contributed by atoms with Gasteiger partial charge in [0, 0.05) is 18.4 Å². The normalized spacial score (nSPS) is 20.5. The highest BCUT2D eigenvalue weighted by molar-refractivity contribution is 7.15. The Bertz CT molecular complexity index is 788. The molecule has 0 aromatic carbocycles. The summed E-state index contributed by atoms with van der Waals surface area (Å²) in [6.07, 6.45) is 3.75. The molecule has 1 aromatic rings. The average molecular weight is 420 g/mol. The topological polar surface area (TPSA) is 66.8 Å². The van der Waals surface area contributed by atoms with Gasteiger partial charge in [-0.3, -0.25) is 4.79 Å². The molecule has 29 heavy (non-hydrogen) atoms. The third-order valence-electron chi connectivity index (χ3n) is 5.18. The van der Waals surface area contributed by atoms with Crippen molar-refractivity contribution in [1.29, 1.82) is 0 Å². The molecule has 1 fully saturated rings. The lowest BCUT2D eigenvalue weighted by atomic mass is 9.82. The van der Waals surface area contributed by atoms with Crippen molar-refractivity contribution in [2.24, 2.45) is 17.3 Å². The molecule has 2 rings (SSSR count). The van der Waals surface area contributed by atoms with Crippen LogP contribution in [0.2, 0.25) is 0 Å². The molecule has 1 saturated carbocycles. The van der Waals surface area contributed by atoms with Gasteiger partial charge in [-0.2, -0.15) is 0 Å². The van der Waals surface area contributed by atoms with E-state index in [1.54, 1.807) is 18.1 Å². The Morgan fingerprint density at radius 1 is 1.31 bits per heavy atom. The van der Waals surface area contributed by atoms with Crippen LogP contribution in [0.5, 0.6) is 0 Å². The lowest BCUT2D eigenvalue weighted by Crippen LogP contribution is -2.45. The van der Waals surface area contributed by atoms with Crippen molar-refractivity contribution in [2.45, 2.75) is 66.3 Å². The molecule has 0 aliphatic heterocycles. The molecule has 1 aliphatic carbocycles. The Balaban J connectivity index is 2.46. The van der Waals surface area contributed by atoms with Crippen LogP contribution in [0, 0.1) is 29.1 Å². The molecular formula is C23H33NO4S. The van der Waals surface area contributed by atoms with Crippen molar-refractivity contribution < 1.29 is 19.4 Å². The first-order valence-electron chi connectivity index (χ1n) is 10.3. The van der Waals surface area contributed by atoms with Gasteiger partial charge in [-0.05, 0) is 65.4 Å². The summed E-state index contributed by atoms with van der Waals surface area (Å²) >= 11 is 1.13. The van der Waals surface area contributed by atoms with Crippen molar-refractivity contribution in [2.75, 3.05) is 18.6 Å². The first kappa shape index (κ1) is 23.4. The molecule has 0 unspecified atom stereocenters. The predicted octanol–water partition coefficient (Wildman–Crippen LogP) is 5.04. The second-order valence-electron chi connectivity index (χ2n) is 9.10. The van der Waals surface area contributed by atoms with E-state index in [9.17, 15) is 14.7 Å². The van der Waals surface area contributed by atoms with Gasteiger partial charge >= 0.3 is 5.97 Å². The molecular weight excluding hydrogens is 386 g/mol. The molecule has 6 heteroatoms. The smallest absolute Gasteiger partial charge is 0.348 e. The highest BCUT2D eigenvalue weighted by Crippen LogP contribution is 2.36. The molecule has 0 saturated heterocycles. The second kappa shape index (κ2) is 9.77. The summed E-state index contributed by atoms with van der Waals surface area (Å²) < 4.78 is 5.29. The zero-order chi connectivity index (χ0) is 21.8. The SMILES string of the molecule is COC[C@H](C)N(C(=O)C1CCC(C)CC1)c1cc(C#CC(C)(C)C)sc1C(=O)O. The van der Waals surface area contributed by atoms with Crippen molar-refractivity contribution in [3.8, 4) is 11.8 Å². The maximum absolute atomic E-state index is 13.5. The fourth-order valence-corrected chi connectivity index (χ4v) is 4.46. The highest BCUT2D eigenvalue weighted by atomic mass is 32.1. The molecule has 0 radical (unpaired) electrons. The van der Waals surface area contributed by atoms with Crippen LogP contribution in [0.1, 0.15) is 74.9 Å². The summed E-state index contributed by atoms with van der Waals surface area (Å²) in [5, 5.41) is 9.79. The van der Waals surface area contributed by atoms with Crippen molar-refractivity contribution in [1.82, 2.24) is 0 Å². The van der Waals surface area contributed by atoms with Crippen LogP contribution in [-0.2, 0) is 9.53 Å². The van der Waals surface area contributed by atoms with E-state index in [-0.39, 0.29) is 28.2 Å². The van der Waals surface area contributed by atoms with Gasteiger partial charge in [-0.15, -0.1) is 11.3 Å². The average Bonchev–Trinajstić information content (AvgIpc) is 3.04. The molecule has 1 aromatic heterocycles. The van der Waals surface area contributed by atoms with Gasteiger partial charge in [0.15, 0.2) is 0 Å². The Morgan fingerprint density at radius 2 is 1.93 bits per heavy atom. The van der Waals surface area contributed by atoms with E-state index in [1.165, 1.54) is 0 Å². The standard InChI is InChI=1S/C23H33NO4S/c1-15-7-9-17(10-8-15)21(25)24(16(2)14-28-6)19-13-18(11-12-23(3,4)5)29-20(19)22(26)27/h13,15-17H,7-10,14H2,1-6H3,(H,26,27)/t15?,16-,17?/m0/s1. The van der Waals surface area contributed by atoms with Crippen LogP contribution < -0.4 is 4.90 Å². The number of anilines is 1. The van der Waals surface area contributed by atoms with E-state index < -0.39 is 5.97 Å². The molecule has 160 valence electrons. The van der Waals surface area contributed by atoms with Gasteiger partial charge in [-0.1, -0.05) is 18.8 Å². The summed E-state index contributed by atoms with van der Waals surface area (Å²) in [4.78, 5) is 27.9. The fraction of sp³-hybridized carbons (Fsp3) is 0.652. The predicted molar refractivity (Wildman–Crippen MR) is 118 cm³/mol. The Kier molecular flexibility index (Phi) is 7.90. The zero-order valence-electron chi connectivity index (χ0n) is 18.4. The van der Waals surface area contributed by atoms with E-state index in [0.717, 1.165) is 37.0 Å². The number of thiophene rings is 1. The number of hydrogen-bond acceptors (Lipinski definition) is 4. The molecule has 0 spiro atoms. The quantitative estimate of drug-likeness (QED) is 0.656. The van der Waals surface area contributed by atoms with Crippen LogP contribution >= 0.6 is 11.3 Å². The number of rotatable bonds is 6. The molecule has 1 aliphatic rings. The number of carbonyl (C=O) groups is 2. The number of carboxylic acids is 1. The van der Waals surface area contributed by atoms with Crippen molar-refractivity contribution >= 4 is 28.9 Å². The Hall–Kier alpha value is -1.84. The largest absolute Gasteiger partial charge is 0.477 e. The van der Waals surface area contributed by atoms with E-state index in [2.05, 4.69) is 18.8 Å². The number of aromatic carboxylic acids is 1. The minimum atomic E-state index is -1.03. The first-order valence-corrected chi connectivity index (χ1v) is 11.1. The Labute approximate surface area is 178 Å². The van der Waals surface area contributed by atoms with Crippen LogP contribution in [0.4, 0.5) is 5.69 Å². The number of hydrogen-bond donors (Lipinski definition) is 1. The number of carboxylic acid groups (broad SMARTS) is 1. The van der Waals surface area contributed by atoms with Gasteiger partial charge < -0.3 is 14.7 Å². The molecule has 1 amide bonds. The van der Waals surface area contributed by atoms with Gasteiger partial charge in [-0.25, -0.2) is 4.79 Å². The van der Waals surface area contributed by atoms with Crippen LogP contribution in [0.15, 0.2) is 6.07 Å². The zero-order valence-corrected chi connectivity index (χ0v) is 19.2. The number of nitrogens with zero attached hydrogens (tertiary/aromatic N) is 1. The fourth-order valence-electron chi connectivity index (χ4n) is 3.62. The molecule has 1 atom stereocenters. The molecule has 0 bridgehead atoms. The monoisotopic (exact) mass is 419 g/mol. The maximum Gasteiger partial charge on any atom is 0.348 e. The summed E-state index contributed by atoms with van der Waals surface area (Å²) in [6, 6.07) is 1.49. The van der Waals surface area contributed by atoms with Crippen LogP contribution in [0.3, 0.4) is 0 Å². The highest BCUT2D eigenvalue weighted by Gasteiger charge is 2.34. The first-order chi connectivity index (χ1) is 13.5.